The Hall–Kier alpha value is -1.06. The first-order chi connectivity index (χ1) is 9.49. The van der Waals surface area contributed by atoms with E-state index in [1.807, 2.05) is 42.2 Å². The lowest BCUT2D eigenvalue weighted by Crippen LogP contribution is -2.46. The molecule has 4 unspecified atom stereocenters. The summed E-state index contributed by atoms with van der Waals surface area (Å²) in [6.45, 7) is 8.13. The monoisotopic (exact) mass is 310 g/mol. The van der Waals surface area contributed by atoms with Gasteiger partial charge in [-0.15, -0.1) is 12.4 Å². The van der Waals surface area contributed by atoms with E-state index in [-0.39, 0.29) is 30.3 Å². The van der Waals surface area contributed by atoms with Crippen LogP contribution in [-0.4, -0.2) is 23.9 Å². The summed E-state index contributed by atoms with van der Waals surface area (Å²) in [4.78, 5) is 14.7. The molecule has 4 atom stereocenters. The van der Waals surface area contributed by atoms with E-state index in [1.165, 1.54) is 6.42 Å². The van der Waals surface area contributed by atoms with Gasteiger partial charge in [0.1, 0.15) is 0 Å². The lowest BCUT2D eigenvalue weighted by Gasteiger charge is -2.37. The van der Waals surface area contributed by atoms with Crippen LogP contribution in [0.2, 0.25) is 0 Å². The van der Waals surface area contributed by atoms with E-state index in [0.29, 0.717) is 11.8 Å². The Labute approximate surface area is 134 Å². The predicted octanol–water partition coefficient (Wildman–Crippen LogP) is 3.25. The number of benzene rings is 1. The molecule has 1 aromatic rings. The van der Waals surface area contributed by atoms with Gasteiger partial charge in [0.2, 0.25) is 5.91 Å². The minimum atomic E-state index is -0.226. The maximum atomic E-state index is 12.6. The van der Waals surface area contributed by atoms with Gasteiger partial charge in [0.25, 0.3) is 0 Å². The Kier molecular flexibility index (Phi) is 6.69. The summed E-state index contributed by atoms with van der Waals surface area (Å²) in [6.07, 6.45) is 1.21. The molecule has 1 heterocycles. The van der Waals surface area contributed by atoms with Crippen LogP contribution in [-0.2, 0) is 4.79 Å². The zero-order chi connectivity index (χ0) is 14.7. The molecule has 1 fully saturated rings. The van der Waals surface area contributed by atoms with E-state index in [2.05, 4.69) is 13.8 Å². The van der Waals surface area contributed by atoms with Crippen LogP contribution in [0, 0.1) is 17.8 Å². The number of nitrogens with zero attached hydrogens (tertiary/aromatic N) is 1. The molecule has 3 nitrogen and oxygen atoms in total. The fourth-order valence-electron chi connectivity index (χ4n) is 3.25. The van der Waals surface area contributed by atoms with Crippen molar-refractivity contribution >= 4 is 18.3 Å². The van der Waals surface area contributed by atoms with Crippen molar-refractivity contribution in [1.29, 1.82) is 0 Å². The summed E-state index contributed by atoms with van der Waals surface area (Å²) < 4.78 is 0. The summed E-state index contributed by atoms with van der Waals surface area (Å²) in [5, 5.41) is 0. The lowest BCUT2D eigenvalue weighted by molar-refractivity contribution is -0.138. The highest BCUT2D eigenvalue weighted by atomic mass is 35.5. The van der Waals surface area contributed by atoms with Crippen molar-refractivity contribution < 1.29 is 4.79 Å². The second-order valence-electron chi connectivity index (χ2n) is 6.41. The molecular weight excluding hydrogens is 284 g/mol. The van der Waals surface area contributed by atoms with E-state index in [1.54, 1.807) is 0 Å². The molecule has 1 amide bonds. The molecule has 21 heavy (non-hydrogen) atoms. The minimum Gasteiger partial charge on any atom is -0.342 e. The molecule has 0 aromatic heterocycles. The molecule has 0 spiro atoms. The molecule has 0 radical (unpaired) electrons. The van der Waals surface area contributed by atoms with Gasteiger partial charge >= 0.3 is 0 Å². The van der Waals surface area contributed by atoms with Crippen LogP contribution in [0.15, 0.2) is 30.3 Å². The number of hydrogen-bond acceptors (Lipinski definition) is 2. The number of nitrogens with two attached hydrogens (primary N) is 1. The predicted molar refractivity (Wildman–Crippen MR) is 89.3 cm³/mol. The molecule has 0 saturated carbocycles. The van der Waals surface area contributed by atoms with Gasteiger partial charge in [-0.05, 0) is 23.8 Å². The average Bonchev–Trinajstić information content (AvgIpc) is 2.45. The fraction of sp³-hybridized carbons (Fsp3) is 0.588. The molecule has 118 valence electrons. The van der Waals surface area contributed by atoms with Crippen LogP contribution in [0.1, 0.15) is 38.8 Å². The van der Waals surface area contributed by atoms with Crippen molar-refractivity contribution in [3.63, 3.8) is 0 Å². The van der Waals surface area contributed by atoms with Gasteiger partial charge in [0.15, 0.2) is 0 Å². The highest BCUT2D eigenvalue weighted by molar-refractivity contribution is 5.85. The minimum absolute atomic E-state index is 0. The first-order valence-electron chi connectivity index (χ1n) is 7.58. The van der Waals surface area contributed by atoms with Gasteiger partial charge in [0.05, 0.1) is 5.92 Å². The van der Waals surface area contributed by atoms with Crippen LogP contribution in [0.5, 0.6) is 0 Å². The van der Waals surface area contributed by atoms with Gasteiger partial charge in [0, 0.05) is 19.1 Å². The Bertz CT molecular complexity index is 441. The van der Waals surface area contributed by atoms with Crippen LogP contribution >= 0.6 is 12.4 Å². The Morgan fingerprint density at radius 1 is 1.19 bits per heavy atom. The number of hydrogen-bond donors (Lipinski definition) is 1. The van der Waals surface area contributed by atoms with E-state index in [9.17, 15) is 4.79 Å². The molecule has 1 saturated heterocycles. The molecule has 2 N–H and O–H groups in total. The third-order valence-electron chi connectivity index (χ3n) is 4.29. The molecule has 1 aromatic carbocycles. The maximum absolute atomic E-state index is 12.6. The second-order valence-corrected chi connectivity index (χ2v) is 6.41. The first-order valence-corrected chi connectivity index (χ1v) is 7.58. The third-order valence-corrected chi connectivity index (χ3v) is 4.29. The first kappa shape index (κ1) is 18.0. The molecular formula is C17H27ClN2O. The molecule has 1 aliphatic rings. The number of carbonyl (C=O) groups is 1. The van der Waals surface area contributed by atoms with Crippen molar-refractivity contribution in [1.82, 2.24) is 4.90 Å². The summed E-state index contributed by atoms with van der Waals surface area (Å²) >= 11 is 0. The maximum Gasteiger partial charge on any atom is 0.227 e. The summed E-state index contributed by atoms with van der Waals surface area (Å²) in [7, 11) is 0. The average molecular weight is 311 g/mol. The van der Waals surface area contributed by atoms with Crippen molar-refractivity contribution in [3.05, 3.63) is 35.9 Å². The molecule has 2 rings (SSSR count). The SMILES string of the molecule is CC1CC(C)CN(C(=O)C(C)C(N)c2ccccc2)C1.Cl. The zero-order valence-corrected chi connectivity index (χ0v) is 14.0. The van der Waals surface area contributed by atoms with Crippen LogP contribution in [0.3, 0.4) is 0 Å². The molecule has 1 aliphatic heterocycles. The number of piperidine rings is 1. The highest BCUT2D eigenvalue weighted by Crippen LogP contribution is 2.26. The van der Waals surface area contributed by atoms with Crippen LogP contribution < -0.4 is 5.73 Å². The summed E-state index contributed by atoms with van der Waals surface area (Å²) in [5.74, 6) is 1.19. The van der Waals surface area contributed by atoms with Crippen LogP contribution in [0.4, 0.5) is 0 Å². The van der Waals surface area contributed by atoms with Gasteiger partial charge in [-0.1, -0.05) is 51.1 Å². The topological polar surface area (TPSA) is 46.3 Å². The van der Waals surface area contributed by atoms with Crippen molar-refractivity contribution in [2.24, 2.45) is 23.5 Å². The fourth-order valence-corrected chi connectivity index (χ4v) is 3.25. The van der Waals surface area contributed by atoms with Crippen molar-refractivity contribution in [2.45, 2.75) is 33.2 Å². The lowest BCUT2D eigenvalue weighted by atomic mass is 9.89. The summed E-state index contributed by atoms with van der Waals surface area (Å²) in [5.41, 5.74) is 7.30. The molecule has 0 bridgehead atoms. The number of likely N-dealkylation sites (tertiary alicyclic amines) is 1. The van der Waals surface area contributed by atoms with E-state index in [4.69, 9.17) is 5.73 Å². The Balaban J connectivity index is 0.00000220. The van der Waals surface area contributed by atoms with Gasteiger partial charge in [-0.3, -0.25) is 4.79 Å². The largest absolute Gasteiger partial charge is 0.342 e. The summed E-state index contributed by atoms with van der Waals surface area (Å²) in [6, 6.07) is 9.67. The number of rotatable bonds is 3. The number of carbonyl (C=O) groups excluding carboxylic acids is 1. The normalized spacial score (nSPS) is 24.9. The van der Waals surface area contributed by atoms with E-state index in [0.717, 1.165) is 18.7 Å². The van der Waals surface area contributed by atoms with Crippen molar-refractivity contribution in [2.75, 3.05) is 13.1 Å². The Morgan fingerprint density at radius 2 is 1.71 bits per heavy atom. The second kappa shape index (κ2) is 7.81. The Morgan fingerprint density at radius 3 is 2.24 bits per heavy atom. The standard InChI is InChI=1S/C17H26N2O.ClH/c1-12-9-13(2)11-19(10-12)17(20)14(3)16(18)15-7-5-4-6-8-15;/h4-8,12-14,16H,9-11,18H2,1-3H3;1H. The van der Waals surface area contributed by atoms with Crippen molar-refractivity contribution in [3.8, 4) is 0 Å². The van der Waals surface area contributed by atoms with Gasteiger partial charge in [-0.25, -0.2) is 0 Å². The molecule has 0 aliphatic carbocycles. The zero-order valence-electron chi connectivity index (χ0n) is 13.2. The highest BCUT2D eigenvalue weighted by Gasteiger charge is 2.31. The molecule has 4 heteroatoms. The smallest absolute Gasteiger partial charge is 0.227 e. The van der Waals surface area contributed by atoms with E-state index >= 15 is 0 Å². The quantitative estimate of drug-likeness (QED) is 0.931. The third kappa shape index (κ3) is 4.45. The number of amides is 1. The number of halogens is 1. The van der Waals surface area contributed by atoms with Gasteiger partial charge < -0.3 is 10.6 Å². The van der Waals surface area contributed by atoms with Gasteiger partial charge in [-0.2, -0.15) is 0 Å². The van der Waals surface area contributed by atoms with Crippen LogP contribution in [0.25, 0.3) is 0 Å². The van der Waals surface area contributed by atoms with E-state index < -0.39 is 0 Å².